The second-order valence-corrected chi connectivity index (χ2v) is 5.02. The molecule has 0 aliphatic rings. The van der Waals surface area contributed by atoms with E-state index in [4.69, 9.17) is 5.73 Å². The van der Waals surface area contributed by atoms with E-state index in [9.17, 15) is 4.79 Å². The molecule has 2 rings (SSSR count). The number of anilines is 2. The van der Waals surface area contributed by atoms with Gasteiger partial charge in [0.15, 0.2) is 0 Å². The summed E-state index contributed by atoms with van der Waals surface area (Å²) in [5.41, 5.74) is 9.76. The molecule has 2 N–H and O–H groups in total. The zero-order chi connectivity index (χ0) is 15.6. The number of nitrogens with two attached hydrogens (primary N) is 1. The molecule has 0 unspecified atom stereocenters. The summed E-state index contributed by atoms with van der Waals surface area (Å²) in [5, 5.41) is 4.33. The summed E-state index contributed by atoms with van der Waals surface area (Å²) in [6.45, 7) is 6.51. The molecule has 5 nitrogen and oxygen atoms in total. The number of hydrogen-bond donors (Lipinski definition) is 1. The summed E-state index contributed by atoms with van der Waals surface area (Å²) in [6, 6.07) is 7.84. The van der Waals surface area contributed by atoms with Crippen LogP contribution in [0.2, 0.25) is 0 Å². The second kappa shape index (κ2) is 5.99. The van der Waals surface area contributed by atoms with E-state index < -0.39 is 0 Å². The van der Waals surface area contributed by atoms with E-state index in [0.717, 1.165) is 16.9 Å². The molecule has 1 aromatic heterocycles. The summed E-state index contributed by atoms with van der Waals surface area (Å²) >= 11 is 0. The summed E-state index contributed by atoms with van der Waals surface area (Å²) in [6.07, 6.45) is 0.712. The van der Waals surface area contributed by atoms with Crippen LogP contribution in [0.25, 0.3) is 0 Å². The largest absolute Gasteiger partial charge is 0.395 e. The average Bonchev–Trinajstić information content (AvgIpc) is 2.76. The van der Waals surface area contributed by atoms with Crippen molar-refractivity contribution >= 4 is 17.3 Å². The molecule has 1 amide bonds. The van der Waals surface area contributed by atoms with E-state index in [1.54, 1.807) is 16.6 Å². The Morgan fingerprint density at radius 2 is 2.00 bits per heavy atom. The molecule has 1 aromatic carbocycles. The number of aromatic nitrogens is 2. The van der Waals surface area contributed by atoms with Crippen LogP contribution in [0.4, 0.5) is 11.4 Å². The third-order valence-corrected chi connectivity index (χ3v) is 3.67. The van der Waals surface area contributed by atoms with Crippen LogP contribution in [-0.4, -0.2) is 22.2 Å². The third-order valence-electron chi connectivity index (χ3n) is 3.67. The number of carbonyl (C=O) groups excluding carboxylic acids is 1. The van der Waals surface area contributed by atoms with Gasteiger partial charge in [0.05, 0.1) is 11.4 Å². The summed E-state index contributed by atoms with van der Waals surface area (Å²) in [7, 11) is 1.76. The Bertz CT molecular complexity index is 660. The van der Waals surface area contributed by atoms with Crippen molar-refractivity contribution in [3.8, 4) is 0 Å². The fourth-order valence-corrected chi connectivity index (χ4v) is 2.53. The summed E-state index contributed by atoms with van der Waals surface area (Å²) in [4.78, 5) is 14.6. The van der Waals surface area contributed by atoms with Crippen LogP contribution in [0.3, 0.4) is 0 Å². The van der Waals surface area contributed by atoms with Crippen LogP contribution in [0.15, 0.2) is 24.3 Å². The Morgan fingerprint density at radius 1 is 1.33 bits per heavy atom. The molecule has 2 aromatic rings. The van der Waals surface area contributed by atoms with Gasteiger partial charge < -0.3 is 10.6 Å². The lowest BCUT2D eigenvalue weighted by atomic mass is 10.1. The quantitative estimate of drug-likeness (QED) is 0.939. The van der Waals surface area contributed by atoms with Crippen LogP contribution in [0, 0.1) is 6.92 Å². The molecule has 0 spiro atoms. The van der Waals surface area contributed by atoms with Crippen molar-refractivity contribution in [2.24, 2.45) is 7.05 Å². The van der Waals surface area contributed by atoms with Gasteiger partial charge in [0, 0.05) is 19.3 Å². The Morgan fingerprint density at radius 3 is 2.52 bits per heavy atom. The standard InChI is InChI=1S/C16H22N4O/c1-5-12-14(17)15(19(4)18-12)16(21)20(6-2)13-10-8-7-9-11(13)3/h7-10H,5-6,17H2,1-4H3. The van der Waals surface area contributed by atoms with Crippen molar-refractivity contribution in [3.63, 3.8) is 0 Å². The van der Waals surface area contributed by atoms with Crippen molar-refractivity contribution in [2.45, 2.75) is 27.2 Å². The second-order valence-electron chi connectivity index (χ2n) is 5.02. The van der Waals surface area contributed by atoms with E-state index in [2.05, 4.69) is 5.10 Å². The first kappa shape index (κ1) is 15.1. The van der Waals surface area contributed by atoms with Crippen molar-refractivity contribution < 1.29 is 4.79 Å². The minimum Gasteiger partial charge on any atom is -0.395 e. The maximum absolute atomic E-state index is 12.9. The molecule has 1 heterocycles. The number of para-hydroxylation sites is 1. The van der Waals surface area contributed by atoms with Gasteiger partial charge in [-0.25, -0.2) is 0 Å². The molecule has 0 aliphatic heterocycles. The van der Waals surface area contributed by atoms with Crippen LogP contribution in [0.1, 0.15) is 35.6 Å². The van der Waals surface area contributed by atoms with E-state index in [0.29, 0.717) is 24.3 Å². The van der Waals surface area contributed by atoms with Gasteiger partial charge in [-0.2, -0.15) is 5.10 Å². The Balaban J connectivity index is 2.47. The highest BCUT2D eigenvalue weighted by Gasteiger charge is 2.25. The Hall–Kier alpha value is -2.30. The van der Waals surface area contributed by atoms with Gasteiger partial charge in [0.1, 0.15) is 5.69 Å². The maximum Gasteiger partial charge on any atom is 0.278 e. The van der Waals surface area contributed by atoms with Gasteiger partial charge in [0.2, 0.25) is 0 Å². The number of rotatable bonds is 4. The number of hydrogen-bond acceptors (Lipinski definition) is 3. The average molecular weight is 286 g/mol. The Kier molecular flexibility index (Phi) is 4.31. The monoisotopic (exact) mass is 286 g/mol. The zero-order valence-corrected chi connectivity index (χ0v) is 13.1. The van der Waals surface area contributed by atoms with Crippen LogP contribution in [-0.2, 0) is 13.5 Å². The van der Waals surface area contributed by atoms with Gasteiger partial charge in [-0.1, -0.05) is 25.1 Å². The molecule has 112 valence electrons. The fraction of sp³-hybridized carbons (Fsp3) is 0.375. The first-order chi connectivity index (χ1) is 10.0. The van der Waals surface area contributed by atoms with E-state index in [1.807, 2.05) is 45.0 Å². The fourth-order valence-electron chi connectivity index (χ4n) is 2.53. The van der Waals surface area contributed by atoms with Crippen LogP contribution in [0.5, 0.6) is 0 Å². The molecular formula is C16H22N4O. The van der Waals surface area contributed by atoms with Crippen LogP contribution < -0.4 is 10.6 Å². The highest BCUT2D eigenvalue weighted by atomic mass is 16.2. The number of nitrogen functional groups attached to an aromatic ring is 1. The van der Waals surface area contributed by atoms with Gasteiger partial charge in [0.25, 0.3) is 5.91 Å². The van der Waals surface area contributed by atoms with Gasteiger partial charge in [-0.15, -0.1) is 0 Å². The zero-order valence-electron chi connectivity index (χ0n) is 13.1. The summed E-state index contributed by atoms with van der Waals surface area (Å²) < 4.78 is 1.58. The topological polar surface area (TPSA) is 64.2 Å². The molecule has 0 bridgehead atoms. The third kappa shape index (κ3) is 2.63. The van der Waals surface area contributed by atoms with Crippen molar-refractivity contribution in [3.05, 3.63) is 41.2 Å². The van der Waals surface area contributed by atoms with Gasteiger partial charge >= 0.3 is 0 Å². The van der Waals surface area contributed by atoms with E-state index >= 15 is 0 Å². The lowest BCUT2D eigenvalue weighted by Gasteiger charge is -2.23. The van der Waals surface area contributed by atoms with Gasteiger partial charge in [-0.05, 0) is 31.9 Å². The minimum absolute atomic E-state index is 0.112. The molecule has 0 fully saturated rings. The van der Waals surface area contributed by atoms with E-state index in [1.165, 1.54) is 0 Å². The number of nitrogens with zero attached hydrogens (tertiary/aromatic N) is 3. The SMILES string of the molecule is CCc1nn(C)c(C(=O)N(CC)c2ccccc2C)c1N. The molecule has 0 aliphatic carbocycles. The van der Waals surface area contributed by atoms with Crippen molar-refractivity contribution in [2.75, 3.05) is 17.2 Å². The number of aryl methyl sites for hydroxylation is 3. The molecular weight excluding hydrogens is 264 g/mol. The van der Waals surface area contributed by atoms with Crippen molar-refractivity contribution in [1.29, 1.82) is 0 Å². The Labute approximate surface area is 125 Å². The molecule has 0 radical (unpaired) electrons. The number of amides is 1. The lowest BCUT2D eigenvalue weighted by molar-refractivity contribution is 0.0980. The van der Waals surface area contributed by atoms with E-state index in [-0.39, 0.29) is 5.91 Å². The highest BCUT2D eigenvalue weighted by Crippen LogP contribution is 2.24. The number of benzene rings is 1. The first-order valence-corrected chi connectivity index (χ1v) is 7.20. The molecule has 5 heteroatoms. The maximum atomic E-state index is 12.9. The smallest absolute Gasteiger partial charge is 0.278 e. The molecule has 0 saturated carbocycles. The predicted octanol–water partition coefficient (Wildman–Crippen LogP) is 2.54. The lowest BCUT2D eigenvalue weighted by Crippen LogP contribution is -2.33. The molecule has 0 saturated heterocycles. The molecule has 0 atom stereocenters. The van der Waals surface area contributed by atoms with Crippen LogP contribution >= 0.6 is 0 Å². The summed E-state index contributed by atoms with van der Waals surface area (Å²) in [5.74, 6) is -0.112. The number of carbonyl (C=O) groups is 1. The van der Waals surface area contributed by atoms with Crippen molar-refractivity contribution in [1.82, 2.24) is 9.78 Å². The first-order valence-electron chi connectivity index (χ1n) is 7.20. The minimum atomic E-state index is -0.112. The molecule has 21 heavy (non-hydrogen) atoms. The normalized spacial score (nSPS) is 10.7. The van der Waals surface area contributed by atoms with Gasteiger partial charge in [-0.3, -0.25) is 9.48 Å². The highest BCUT2D eigenvalue weighted by molar-refractivity contribution is 6.08. The predicted molar refractivity (Wildman–Crippen MR) is 85.5 cm³/mol.